The van der Waals surface area contributed by atoms with Gasteiger partial charge in [0.1, 0.15) is 12.6 Å². The first kappa shape index (κ1) is 17.6. The number of hydrogen-bond donors (Lipinski definition) is 3. The number of aromatic nitrogens is 1. The van der Waals surface area contributed by atoms with Crippen molar-refractivity contribution >= 4 is 28.7 Å². The van der Waals surface area contributed by atoms with Crippen LogP contribution in [0, 0.1) is 0 Å². The quantitative estimate of drug-likeness (QED) is 0.705. The maximum absolute atomic E-state index is 12.7. The molecule has 1 aliphatic carbocycles. The maximum atomic E-state index is 12.7. The molecule has 142 valence electrons. The molecular formula is C20H24N4O3. The Bertz CT molecular complexity index is 869. The molecule has 2 fully saturated rings. The van der Waals surface area contributed by atoms with Gasteiger partial charge in [0.2, 0.25) is 5.91 Å². The van der Waals surface area contributed by atoms with Crippen molar-refractivity contribution in [1.82, 2.24) is 20.5 Å². The molecule has 1 aliphatic heterocycles. The summed E-state index contributed by atoms with van der Waals surface area (Å²) in [5, 5.41) is 6.70. The minimum atomic E-state index is -0.640. The van der Waals surface area contributed by atoms with Crippen LogP contribution in [-0.4, -0.2) is 46.4 Å². The van der Waals surface area contributed by atoms with Gasteiger partial charge >= 0.3 is 6.03 Å². The van der Waals surface area contributed by atoms with E-state index in [1.165, 1.54) is 6.42 Å². The van der Waals surface area contributed by atoms with E-state index in [1.807, 2.05) is 30.5 Å². The molecule has 27 heavy (non-hydrogen) atoms. The molecule has 1 atom stereocenters. The molecule has 0 unspecified atom stereocenters. The van der Waals surface area contributed by atoms with Crippen LogP contribution in [0.4, 0.5) is 4.79 Å². The monoisotopic (exact) mass is 368 g/mol. The molecule has 1 saturated heterocycles. The second-order valence-electron chi connectivity index (χ2n) is 7.39. The van der Waals surface area contributed by atoms with Crippen molar-refractivity contribution in [3.8, 4) is 0 Å². The molecule has 1 aromatic carbocycles. The number of nitrogens with one attached hydrogen (secondary N) is 3. The number of nitrogens with zero attached hydrogens (tertiary/aromatic N) is 1. The number of amides is 4. The summed E-state index contributed by atoms with van der Waals surface area (Å²) in [5.41, 5.74) is 1.96. The third-order valence-corrected chi connectivity index (χ3v) is 5.48. The van der Waals surface area contributed by atoms with E-state index in [1.54, 1.807) is 0 Å². The number of H-pyrrole nitrogens is 1. The summed E-state index contributed by atoms with van der Waals surface area (Å²) in [6.45, 7) is -0.217. The van der Waals surface area contributed by atoms with Gasteiger partial charge in [0.15, 0.2) is 0 Å². The van der Waals surface area contributed by atoms with Crippen LogP contribution in [-0.2, 0) is 16.0 Å². The summed E-state index contributed by atoms with van der Waals surface area (Å²) in [6.07, 6.45) is 7.62. The highest BCUT2D eigenvalue weighted by molar-refractivity contribution is 6.06. The molecule has 0 spiro atoms. The topological polar surface area (TPSA) is 94.3 Å². The highest BCUT2D eigenvalue weighted by Gasteiger charge is 2.39. The number of fused-ring (bicyclic) bond motifs is 1. The Kier molecular flexibility index (Phi) is 4.83. The van der Waals surface area contributed by atoms with E-state index >= 15 is 0 Å². The lowest BCUT2D eigenvalue weighted by molar-refractivity contribution is -0.132. The van der Waals surface area contributed by atoms with Gasteiger partial charge in [-0.1, -0.05) is 37.5 Å². The van der Waals surface area contributed by atoms with Crippen molar-refractivity contribution in [3.63, 3.8) is 0 Å². The van der Waals surface area contributed by atoms with E-state index in [0.717, 1.165) is 47.0 Å². The van der Waals surface area contributed by atoms with Crippen molar-refractivity contribution in [2.45, 2.75) is 50.6 Å². The Morgan fingerprint density at radius 3 is 2.74 bits per heavy atom. The molecule has 1 saturated carbocycles. The Morgan fingerprint density at radius 1 is 1.15 bits per heavy atom. The van der Waals surface area contributed by atoms with Gasteiger partial charge in [0, 0.05) is 29.6 Å². The number of para-hydroxylation sites is 1. The molecule has 4 rings (SSSR count). The Morgan fingerprint density at radius 2 is 1.93 bits per heavy atom. The lowest BCUT2D eigenvalue weighted by Gasteiger charge is -2.23. The molecule has 2 heterocycles. The van der Waals surface area contributed by atoms with E-state index in [2.05, 4.69) is 15.6 Å². The second kappa shape index (κ2) is 7.42. The second-order valence-corrected chi connectivity index (χ2v) is 7.39. The van der Waals surface area contributed by atoms with E-state index in [0.29, 0.717) is 6.42 Å². The summed E-state index contributed by atoms with van der Waals surface area (Å²) in [5.74, 6) is -0.609. The number of imide groups is 1. The molecule has 1 aromatic heterocycles. The van der Waals surface area contributed by atoms with Crippen LogP contribution in [0.25, 0.3) is 10.9 Å². The summed E-state index contributed by atoms with van der Waals surface area (Å²) < 4.78 is 0. The molecule has 2 aliphatic rings. The third kappa shape index (κ3) is 3.67. The van der Waals surface area contributed by atoms with Crippen molar-refractivity contribution in [2.75, 3.05) is 6.54 Å². The van der Waals surface area contributed by atoms with Crippen molar-refractivity contribution in [1.29, 1.82) is 0 Å². The molecule has 3 N–H and O–H groups in total. The predicted molar refractivity (Wildman–Crippen MR) is 101 cm³/mol. The van der Waals surface area contributed by atoms with Gasteiger partial charge < -0.3 is 15.6 Å². The molecule has 0 bridgehead atoms. The smallest absolute Gasteiger partial charge is 0.325 e. The van der Waals surface area contributed by atoms with E-state index in [-0.39, 0.29) is 24.4 Å². The van der Waals surface area contributed by atoms with Gasteiger partial charge in [0.25, 0.3) is 5.91 Å². The van der Waals surface area contributed by atoms with Crippen LogP contribution >= 0.6 is 0 Å². The fourth-order valence-electron chi connectivity index (χ4n) is 4.05. The molecular weight excluding hydrogens is 344 g/mol. The fourth-order valence-corrected chi connectivity index (χ4v) is 4.05. The Balaban J connectivity index is 1.38. The Hall–Kier alpha value is -2.83. The summed E-state index contributed by atoms with van der Waals surface area (Å²) >= 11 is 0. The highest BCUT2D eigenvalue weighted by Crippen LogP contribution is 2.21. The molecule has 0 radical (unpaired) electrons. The molecule has 7 heteroatoms. The summed E-state index contributed by atoms with van der Waals surface area (Å²) in [7, 11) is 0. The number of hydrogen-bond acceptors (Lipinski definition) is 3. The Labute approximate surface area is 157 Å². The number of urea groups is 1. The van der Waals surface area contributed by atoms with E-state index in [9.17, 15) is 14.4 Å². The zero-order valence-electron chi connectivity index (χ0n) is 15.2. The molecule has 7 nitrogen and oxygen atoms in total. The minimum absolute atomic E-state index is 0.161. The average molecular weight is 368 g/mol. The van der Waals surface area contributed by atoms with Gasteiger partial charge in [0.05, 0.1) is 0 Å². The number of benzene rings is 1. The predicted octanol–water partition coefficient (Wildman–Crippen LogP) is 2.08. The van der Waals surface area contributed by atoms with Gasteiger partial charge in [-0.2, -0.15) is 0 Å². The highest BCUT2D eigenvalue weighted by atomic mass is 16.2. The summed E-state index contributed by atoms with van der Waals surface area (Å²) in [6, 6.07) is 6.86. The first-order valence-corrected chi connectivity index (χ1v) is 9.58. The fraction of sp³-hybridized carbons (Fsp3) is 0.450. The van der Waals surface area contributed by atoms with Crippen LogP contribution < -0.4 is 10.6 Å². The van der Waals surface area contributed by atoms with Gasteiger partial charge in [-0.25, -0.2) is 4.79 Å². The van der Waals surface area contributed by atoms with E-state index < -0.39 is 12.1 Å². The van der Waals surface area contributed by atoms with Crippen LogP contribution in [0.3, 0.4) is 0 Å². The molecule has 2 aromatic rings. The van der Waals surface area contributed by atoms with Crippen LogP contribution in [0.2, 0.25) is 0 Å². The number of aromatic amines is 1. The number of carbonyl (C=O) groups is 3. The summed E-state index contributed by atoms with van der Waals surface area (Å²) in [4.78, 5) is 41.3. The van der Waals surface area contributed by atoms with Crippen molar-refractivity contribution in [2.24, 2.45) is 0 Å². The van der Waals surface area contributed by atoms with Gasteiger partial charge in [-0.15, -0.1) is 0 Å². The first-order valence-electron chi connectivity index (χ1n) is 9.58. The standard InChI is InChI=1S/C20H24N4O3/c25-18(22-14-6-2-1-3-7-14)12-24-19(26)17(23-20(24)27)10-13-11-21-16-9-5-4-8-15(13)16/h4-5,8-9,11,14,17,21H,1-3,6-7,10,12H2,(H,22,25)(H,23,27)/t17-/m0/s1. The lowest BCUT2D eigenvalue weighted by atomic mass is 9.95. The van der Waals surface area contributed by atoms with Gasteiger partial charge in [-0.3, -0.25) is 14.5 Å². The first-order chi connectivity index (χ1) is 13.1. The van der Waals surface area contributed by atoms with Crippen LogP contribution in [0.5, 0.6) is 0 Å². The van der Waals surface area contributed by atoms with Crippen LogP contribution in [0.15, 0.2) is 30.5 Å². The minimum Gasteiger partial charge on any atom is -0.361 e. The van der Waals surface area contributed by atoms with Crippen molar-refractivity contribution in [3.05, 3.63) is 36.0 Å². The number of rotatable bonds is 5. The number of carbonyl (C=O) groups excluding carboxylic acids is 3. The molecule has 4 amide bonds. The average Bonchev–Trinajstić information content (AvgIpc) is 3.19. The zero-order chi connectivity index (χ0) is 18.8. The lowest BCUT2D eigenvalue weighted by Crippen LogP contribution is -2.45. The largest absolute Gasteiger partial charge is 0.361 e. The van der Waals surface area contributed by atoms with Crippen LogP contribution in [0.1, 0.15) is 37.7 Å². The van der Waals surface area contributed by atoms with Gasteiger partial charge in [-0.05, 0) is 24.5 Å². The zero-order valence-corrected chi connectivity index (χ0v) is 15.2. The normalized spacial score (nSPS) is 20.9. The third-order valence-electron chi connectivity index (χ3n) is 5.48. The maximum Gasteiger partial charge on any atom is 0.325 e. The SMILES string of the molecule is O=C(CN1C(=O)N[C@@H](Cc2c[nH]c3ccccc23)C1=O)NC1CCCCC1. The van der Waals surface area contributed by atoms with E-state index in [4.69, 9.17) is 0 Å². The van der Waals surface area contributed by atoms with Crippen molar-refractivity contribution < 1.29 is 14.4 Å².